The fourth-order valence-corrected chi connectivity index (χ4v) is 4.26. The first-order valence-electron chi connectivity index (χ1n) is 10.7. The van der Waals surface area contributed by atoms with E-state index in [0.29, 0.717) is 26.0 Å². The van der Waals surface area contributed by atoms with Gasteiger partial charge >= 0.3 is 0 Å². The van der Waals surface area contributed by atoms with E-state index in [1.54, 1.807) is 0 Å². The Morgan fingerprint density at radius 2 is 1.69 bits per heavy atom. The summed E-state index contributed by atoms with van der Waals surface area (Å²) in [7, 11) is 0. The van der Waals surface area contributed by atoms with Gasteiger partial charge in [0.05, 0.1) is 0 Å². The monoisotopic (exact) mass is 398 g/mol. The van der Waals surface area contributed by atoms with Gasteiger partial charge < -0.3 is 9.84 Å². The molecule has 0 spiro atoms. The summed E-state index contributed by atoms with van der Waals surface area (Å²) in [6, 6.07) is 16.6. The molecule has 5 heteroatoms. The van der Waals surface area contributed by atoms with Crippen molar-refractivity contribution in [3.8, 4) is 5.75 Å². The Balaban J connectivity index is 1.20. The second-order valence-corrected chi connectivity index (χ2v) is 8.31. The minimum absolute atomic E-state index is 0.293. The Morgan fingerprint density at radius 3 is 2.45 bits per heavy atom. The van der Waals surface area contributed by atoms with E-state index in [0.717, 1.165) is 44.9 Å². The van der Waals surface area contributed by atoms with Crippen LogP contribution in [-0.4, -0.2) is 60.0 Å². The molecular formula is C24H31FN2O2. The molecule has 0 aromatic heterocycles. The zero-order chi connectivity index (χ0) is 20.1. The highest BCUT2D eigenvalue weighted by Crippen LogP contribution is 2.20. The summed E-state index contributed by atoms with van der Waals surface area (Å²) in [5.74, 6) is 0.777. The maximum atomic E-state index is 13.2. The van der Waals surface area contributed by atoms with Gasteiger partial charge in [-0.25, -0.2) is 4.39 Å². The van der Waals surface area contributed by atoms with Crippen LogP contribution in [0.2, 0.25) is 0 Å². The first-order chi connectivity index (χ1) is 14.2. The molecule has 29 heavy (non-hydrogen) atoms. The molecule has 0 amide bonds. The Kier molecular flexibility index (Phi) is 6.80. The molecule has 1 saturated heterocycles. The Bertz CT molecular complexity index is 775. The number of halogens is 1. The number of benzene rings is 2. The molecule has 2 heterocycles. The SMILES string of the molecule is O[C@@H](COc1ccc(CN2CCC(F)CC2)cc1)CN1CCc2ccccc2C1. The predicted molar refractivity (Wildman–Crippen MR) is 113 cm³/mol. The van der Waals surface area contributed by atoms with E-state index in [4.69, 9.17) is 4.74 Å². The fraction of sp³-hybridized carbons (Fsp3) is 0.500. The van der Waals surface area contributed by atoms with E-state index in [1.165, 1.54) is 16.7 Å². The summed E-state index contributed by atoms with van der Waals surface area (Å²) in [4.78, 5) is 4.59. The van der Waals surface area contributed by atoms with Crippen LogP contribution in [0, 0.1) is 0 Å². The highest BCUT2D eigenvalue weighted by Gasteiger charge is 2.19. The van der Waals surface area contributed by atoms with Gasteiger partial charge in [-0.05, 0) is 48.1 Å². The van der Waals surface area contributed by atoms with Crippen LogP contribution in [0.3, 0.4) is 0 Å². The van der Waals surface area contributed by atoms with Gasteiger partial charge in [-0.2, -0.15) is 0 Å². The van der Waals surface area contributed by atoms with E-state index < -0.39 is 12.3 Å². The van der Waals surface area contributed by atoms with Gasteiger partial charge in [0.25, 0.3) is 0 Å². The van der Waals surface area contributed by atoms with Crippen LogP contribution in [-0.2, 0) is 19.5 Å². The largest absolute Gasteiger partial charge is 0.491 e. The van der Waals surface area contributed by atoms with Crippen molar-refractivity contribution in [3.05, 3.63) is 65.2 Å². The van der Waals surface area contributed by atoms with Crippen LogP contribution in [0.25, 0.3) is 0 Å². The number of ether oxygens (including phenoxy) is 1. The molecule has 0 unspecified atom stereocenters. The highest BCUT2D eigenvalue weighted by molar-refractivity contribution is 5.29. The van der Waals surface area contributed by atoms with Gasteiger partial charge in [0.15, 0.2) is 0 Å². The lowest BCUT2D eigenvalue weighted by atomic mass is 10.00. The normalized spacial score (nSPS) is 19.7. The first-order valence-corrected chi connectivity index (χ1v) is 10.7. The summed E-state index contributed by atoms with van der Waals surface area (Å²) in [5.41, 5.74) is 3.99. The lowest BCUT2D eigenvalue weighted by Gasteiger charge is -2.30. The summed E-state index contributed by atoms with van der Waals surface area (Å²) >= 11 is 0. The van der Waals surface area contributed by atoms with E-state index in [-0.39, 0.29) is 0 Å². The molecule has 0 saturated carbocycles. The molecule has 1 fully saturated rings. The second kappa shape index (κ2) is 9.70. The number of rotatable bonds is 7. The number of hydrogen-bond acceptors (Lipinski definition) is 4. The number of β-amino-alcohol motifs (C(OH)–C–C–N with tert-alkyl or cyclic N) is 1. The Morgan fingerprint density at radius 1 is 0.966 bits per heavy atom. The van der Waals surface area contributed by atoms with Gasteiger partial charge in [0.1, 0.15) is 24.6 Å². The topological polar surface area (TPSA) is 35.9 Å². The lowest BCUT2D eigenvalue weighted by Crippen LogP contribution is -2.38. The summed E-state index contributed by atoms with van der Waals surface area (Å²) in [5, 5.41) is 10.4. The van der Waals surface area contributed by atoms with Crippen LogP contribution in [0.4, 0.5) is 4.39 Å². The molecule has 0 aliphatic carbocycles. The molecular weight excluding hydrogens is 367 g/mol. The third-order valence-corrected chi connectivity index (χ3v) is 5.97. The molecule has 1 N–H and O–H groups in total. The number of likely N-dealkylation sites (tertiary alicyclic amines) is 1. The molecule has 4 rings (SSSR count). The van der Waals surface area contributed by atoms with Crippen molar-refractivity contribution in [2.75, 3.05) is 32.8 Å². The maximum absolute atomic E-state index is 13.2. The number of fused-ring (bicyclic) bond motifs is 1. The van der Waals surface area contributed by atoms with Crippen molar-refractivity contribution in [1.82, 2.24) is 9.80 Å². The molecule has 156 valence electrons. The third-order valence-electron chi connectivity index (χ3n) is 5.97. The summed E-state index contributed by atoms with van der Waals surface area (Å²) in [6.07, 6.45) is 1.17. The number of hydrogen-bond donors (Lipinski definition) is 1. The molecule has 2 aromatic rings. The molecule has 2 aliphatic rings. The number of aliphatic hydroxyl groups excluding tert-OH is 1. The quantitative estimate of drug-likeness (QED) is 0.775. The Hall–Kier alpha value is -1.95. The molecule has 2 aliphatic heterocycles. The molecule has 1 atom stereocenters. The van der Waals surface area contributed by atoms with Gasteiger partial charge in [-0.1, -0.05) is 36.4 Å². The van der Waals surface area contributed by atoms with Crippen molar-refractivity contribution >= 4 is 0 Å². The second-order valence-electron chi connectivity index (χ2n) is 8.31. The zero-order valence-electron chi connectivity index (χ0n) is 17.0. The van der Waals surface area contributed by atoms with Crippen molar-refractivity contribution < 1.29 is 14.2 Å². The van der Waals surface area contributed by atoms with E-state index in [2.05, 4.69) is 46.2 Å². The number of aliphatic hydroxyl groups is 1. The smallest absolute Gasteiger partial charge is 0.119 e. The van der Waals surface area contributed by atoms with Crippen LogP contribution in [0.5, 0.6) is 5.75 Å². The van der Waals surface area contributed by atoms with Gasteiger partial charge in [0.2, 0.25) is 0 Å². The first kappa shape index (κ1) is 20.3. The maximum Gasteiger partial charge on any atom is 0.119 e. The van der Waals surface area contributed by atoms with Gasteiger partial charge in [-0.3, -0.25) is 9.80 Å². The fourth-order valence-electron chi connectivity index (χ4n) is 4.26. The standard InChI is InChI=1S/C24H31FN2O2/c25-22-10-13-26(14-11-22)15-19-5-7-24(8-6-19)29-18-23(28)17-27-12-9-20-3-1-2-4-21(20)16-27/h1-8,22-23,28H,9-18H2/t23-/m1/s1. The average molecular weight is 399 g/mol. The highest BCUT2D eigenvalue weighted by atomic mass is 19.1. The van der Waals surface area contributed by atoms with Crippen LogP contribution in [0.15, 0.2) is 48.5 Å². The Labute approximate surface area is 172 Å². The van der Waals surface area contributed by atoms with Crippen LogP contribution >= 0.6 is 0 Å². The molecule has 4 nitrogen and oxygen atoms in total. The number of piperidine rings is 1. The predicted octanol–water partition coefficient (Wildman–Crippen LogP) is 3.42. The summed E-state index contributed by atoms with van der Waals surface area (Å²) in [6.45, 7) is 5.29. The minimum Gasteiger partial charge on any atom is -0.491 e. The van der Waals surface area contributed by atoms with Crippen molar-refractivity contribution in [2.24, 2.45) is 0 Å². The number of alkyl halides is 1. The average Bonchev–Trinajstić information content (AvgIpc) is 2.75. The van der Waals surface area contributed by atoms with Gasteiger partial charge in [0, 0.05) is 39.3 Å². The molecule has 2 aromatic carbocycles. The van der Waals surface area contributed by atoms with Crippen LogP contribution < -0.4 is 4.74 Å². The zero-order valence-corrected chi connectivity index (χ0v) is 17.0. The number of nitrogens with zero attached hydrogens (tertiary/aromatic N) is 2. The lowest BCUT2D eigenvalue weighted by molar-refractivity contribution is 0.0637. The van der Waals surface area contributed by atoms with Crippen molar-refractivity contribution in [1.29, 1.82) is 0 Å². The van der Waals surface area contributed by atoms with Crippen molar-refractivity contribution in [3.63, 3.8) is 0 Å². The van der Waals surface area contributed by atoms with Crippen molar-refractivity contribution in [2.45, 2.75) is 44.6 Å². The third kappa shape index (κ3) is 5.78. The van der Waals surface area contributed by atoms with E-state index in [9.17, 15) is 9.50 Å². The van der Waals surface area contributed by atoms with E-state index in [1.807, 2.05) is 12.1 Å². The molecule has 0 bridgehead atoms. The van der Waals surface area contributed by atoms with Gasteiger partial charge in [-0.15, -0.1) is 0 Å². The molecule has 0 radical (unpaired) electrons. The van der Waals surface area contributed by atoms with Crippen LogP contribution in [0.1, 0.15) is 29.5 Å². The summed E-state index contributed by atoms with van der Waals surface area (Å²) < 4.78 is 19.0. The minimum atomic E-state index is -0.631. The van der Waals surface area contributed by atoms with E-state index >= 15 is 0 Å².